The number of para-hydroxylation sites is 1. The molecule has 29 heavy (non-hydrogen) atoms. The van der Waals surface area contributed by atoms with Crippen molar-refractivity contribution in [1.29, 1.82) is 0 Å². The van der Waals surface area contributed by atoms with Crippen molar-refractivity contribution in [2.24, 2.45) is 0 Å². The Kier molecular flexibility index (Phi) is 6.05. The van der Waals surface area contributed by atoms with E-state index in [1.165, 1.54) is 11.3 Å². The summed E-state index contributed by atoms with van der Waals surface area (Å²) in [6.07, 6.45) is 2.63. The average Bonchev–Trinajstić information content (AvgIpc) is 2.80. The molecule has 0 radical (unpaired) electrons. The number of benzene rings is 2. The lowest BCUT2D eigenvalue weighted by molar-refractivity contribution is 0.0949. The number of amides is 1. The van der Waals surface area contributed by atoms with E-state index in [0.717, 1.165) is 38.3 Å². The lowest BCUT2D eigenvalue weighted by Crippen LogP contribution is -2.46. The van der Waals surface area contributed by atoms with Gasteiger partial charge in [0.05, 0.1) is 11.9 Å². The molecule has 2 aromatic carbocycles. The van der Waals surface area contributed by atoms with Gasteiger partial charge in [-0.05, 0) is 36.2 Å². The van der Waals surface area contributed by atoms with Crippen LogP contribution in [-0.4, -0.2) is 43.6 Å². The van der Waals surface area contributed by atoms with Crippen LogP contribution in [0.15, 0.2) is 79.0 Å². The second-order valence-electron chi connectivity index (χ2n) is 7.20. The van der Waals surface area contributed by atoms with Crippen molar-refractivity contribution < 1.29 is 4.79 Å². The van der Waals surface area contributed by atoms with Gasteiger partial charge in [-0.15, -0.1) is 0 Å². The number of aromatic nitrogens is 1. The van der Waals surface area contributed by atoms with Crippen LogP contribution in [0.2, 0.25) is 0 Å². The van der Waals surface area contributed by atoms with Crippen LogP contribution in [0.4, 0.5) is 11.4 Å². The zero-order valence-corrected chi connectivity index (χ0v) is 16.5. The van der Waals surface area contributed by atoms with E-state index >= 15 is 0 Å². The van der Waals surface area contributed by atoms with Crippen molar-refractivity contribution in [3.63, 3.8) is 0 Å². The number of carbonyl (C=O) groups excluding carboxylic acids is 1. The summed E-state index contributed by atoms with van der Waals surface area (Å²) < 4.78 is 0. The van der Waals surface area contributed by atoms with Gasteiger partial charge in [0.15, 0.2) is 0 Å². The maximum absolute atomic E-state index is 12.3. The molecule has 1 fully saturated rings. The SMILES string of the molecule is O=C(NCCc1ccccc1)c1ccc(N2CCN(c3ccccc3)CC2)cn1. The minimum absolute atomic E-state index is 0.124. The second kappa shape index (κ2) is 9.24. The Balaban J connectivity index is 1.27. The molecule has 0 unspecified atom stereocenters. The maximum Gasteiger partial charge on any atom is 0.269 e. The van der Waals surface area contributed by atoms with Crippen LogP contribution in [0.1, 0.15) is 16.1 Å². The summed E-state index contributed by atoms with van der Waals surface area (Å²) in [5.41, 5.74) is 4.02. The molecule has 5 nitrogen and oxygen atoms in total. The first-order valence-electron chi connectivity index (χ1n) is 10.1. The molecule has 5 heteroatoms. The van der Waals surface area contributed by atoms with Crippen LogP contribution in [-0.2, 0) is 6.42 Å². The molecule has 0 atom stereocenters. The van der Waals surface area contributed by atoms with Gasteiger partial charge in [-0.3, -0.25) is 4.79 Å². The highest BCUT2D eigenvalue weighted by atomic mass is 16.1. The quantitative estimate of drug-likeness (QED) is 0.706. The van der Waals surface area contributed by atoms with Crippen molar-refractivity contribution in [2.45, 2.75) is 6.42 Å². The number of piperazine rings is 1. The van der Waals surface area contributed by atoms with Gasteiger partial charge in [-0.1, -0.05) is 48.5 Å². The lowest BCUT2D eigenvalue weighted by atomic mass is 10.1. The molecule has 3 aromatic rings. The van der Waals surface area contributed by atoms with Crippen molar-refractivity contribution in [1.82, 2.24) is 10.3 Å². The predicted octanol–water partition coefficient (Wildman–Crippen LogP) is 3.38. The molecule has 1 saturated heterocycles. The maximum atomic E-state index is 12.3. The van der Waals surface area contributed by atoms with Crippen LogP contribution >= 0.6 is 0 Å². The molecule has 4 rings (SSSR count). The highest BCUT2D eigenvalue weighted by Gasteiger charge is 2.18. The number of hydrogen-bond donors (Lipinski definition) is 1. The van der Waals surface area contributed by atoms with Gasteiger partial charge in [0.25, 0.3) is 5.91 Å². The fourth-order valence-corrected chi connectivity index (χ4v) is 3.62. The second-order valence-corrected chi connectivity index (χ2v) is 7.20. The van der Waals surface area contributed by atoms with Crippen LogP contribution in [0, 0.1) is 0 Å². The van der Waals surface area contributed by atoms with E-state index in [1.807, 2.05) is 42.6 Å². The summed E-state index contributed by atoms with van der Waals surface area (Å²) in [7, 11) is 0. The molecule has 148 valence electrons. The minimum atomic E-state index is -0.124. The molecule has 1 aromatic heterocycles. The van der Waals surface area contributed by atoms with E-state index in [9.17, 15) is 4.79 Å². The average molecular weight is 386 g/mol. The van der Waals surface area contributed by atoms with Crippen LogP contribution in [0.3, 0.4) is 0 Å². The van der Waals surface area contributed by atoms with E-state index in [1.54, 1.807) is 0 Å². The molecule has 1 aliphatic heterocycles. The largest absolute Gasteiger partial charge is 0.368 e. The Morgan fingerprint density at radius 3 is 2.03 bits per heavy atom. The molecule has 1 N–H and O–H groups in total. The number of nitrogens with one attached hydrogen (secondary N) is 1. The number of rotatable bonds is 6. The van der Waals surface area contributed by atoms with Crippen molar-refractivity contribution in [3.05, 3.63) is 90.3 Å². The third-order valence-electron chi connectivity index (χ3n) is 5.29. The highest BCUT2D eigenvalue weighted by molar-refractivity contribution is 5.92. The molecule has 0 saturated carbocycles. The number of carbonyl (C=O) groups is 1. The summed E-state index contributed by atoms with van der Waals surface area (Å²) in [4.78, 5) is 21.4. The van der Waals surface area contributed by atoms with Crippen molar-refractivity contribution in [2.75, 3.05) is 42.5 Å². The van der Waals surface area contributed by atoms with Gasteiger partial charge in [0.1, 0.15) is 5.69 Å². The first-order valence-corrected chi connectivity index (χ1v) is 10.1. The molecule has 0 spiro atoms. The fourth-order valence-electron chi connectivity index (χ4n) is 3.62. The van der Waals surface area contributed by atoms with Gasteiger partial charge in [-0.2, -0.15) is 0 Å². The smallest absolute Gasteiger partial charge is 0.269 e. The lowest BCUT2D eigenvalue weighted by Gasteiger charge is -2.37. The Labute approximate surface area is 172 Å². The highest BCUT2D eigenvalue weighted by Crippen LogP contribution is 2.20. The van der Waals surface area contributed by atoms with Gasteiger partial charge in [0, 0.05) is 38.4 Å². The summed E-state index contributed by atoms with van der Waals surface area (Å²) >= 11 is 0. The van der Waals surface area contributed by atoms with Gasteiger partial charge in [0.2, 0.25) is 0 Å². The zero-order chi connectivity index (χ0) is 19.9. The summed E-state index contributed by atoms with van der Waals surface area (Å²) in [5, 5.41) is 2.95. The molecule has 0 bridgehead atoms. The molecular weight excluding hydrogens is 360 g/mol. The minimum Gasteiger partial charge on any atom is -0.368 e. The van der Waals surface area contributed by atoms with Crippen LogP contribution in [0.25, 0.3) is 0 Å². The summed E-state index contributed by atoms with van der Waals surface area (Å²) in [5.74, 6) is -0.124. The number of nitrogens with zero attached hydrogens (tertiary/aromatic N) is 3. The first-order chi connectivity index (χ1) is 14.3. The number of pyridine rings is 1. The van der Waals surface area contributed by atoms with Crippen LogP contribution < -0.4 is 15.1 Å². The monoisotopic (exact) mass is 386 g/mol. The normalized spacial score (nSPS) is 13.9. The Hall–Kier alpha value is -3.34. The molecular formula is C24H26N4O. The topological polar surface area (TPSA) is 48.5 Å². The Morgan fingerprint density at radius 2 is 1.41 bits per heavy atom. The zero-order valence-electron chi connectivity index (χ0n) is 16.5. The van der Waals surface area contributed by atoms with Gasteiger partial charge < -0.3 is 15.1 Å². The van der Waals surface area contributed by atoms with E-state index in [-0.39, 0.29) is 5.91 Å². The Bertz CT molecular complexity index is 905. The van der Waals surface area contributed by atoms with Crippen molar-refractivity contribution >= 4 is 17.3 Å². The number of hydrogen-bond acceptors (Lipinski definition) is 4. The molecule has 0 aliphatic carbocycles. The first kappa shape index (κ1) is 19.0. The summed E-state index contributed by atoms with van der Waals surface area (Å²) in [6, 6.07) is 24.5. The molecule has 1 amide bonds. The standard InChI is InChI=1S/C24H26N4O/c29-24(25-14-13-20-7-3-1-4-8-20)23-12-11-22(19-26-23)28-17-15-27(16-18-28)21-9-5-2-6-10-21/h1-12,19H,13-18H2,(H,25,29). The van der Waals surface area contributed by atoms with E-state index in [4.69, 9.17) is 0 Å². The van der Waals surface area contributed by atoms with E-state index in [0.29, 0.717) is 12.2 Å². The van der Waals surface area contributed by atoms with Crippen molar-refractivity contribution in [3.8, 4) is 0 Å². The third-order valence-corrected chi connectivity index (χ3v) is 5.29. The Morgan fingerprint density at radius 1 is 0.793 bits per heavy atom. The molecule has 1 aliphatic rings. The van der Waals surface area contributed by atoms with Gasteiger partial charge in [-0.25, -0.2) is 4.98 Å². The van der Waals surface area contributed by atoms with Gasteiger partial charge >= 0.3 is 0 Å². The summed E-state index contributed by atoms with van der Waals surface area (Å²) in [6.45, 7) is 4.45. The predicted molar refractivity (Wildman–Crippen MR) is 118 cm³/mol. The van der Waals surface area contributed by atoms with E-state index in [2.05, 4.69) is 56.5 Å². The number of anilines is 2. The fraction of sp³-hybridized carbons (Fsp3) is 0.250. The molecule has 2 heterocycles. The van der Waals surface area contributed by atoms with E-state index < -0.39 is 0 Å². The van der Waals surface area contributed by atoms with Crippen LogP contribution in [0.5, 0.6) is 0 Å². The third kappa shape index (κ3) is 4.93.